The highest BCUT2D eigenvalue weighted by Gasteiger charge is 2.21. The minimum absolute atomic E-state index is 0.0579. The van der Waals surface area contributed by atoms with Crippen LogP contribution in [0.4, 0.5) is 10.1 Å². The Morgan fingerprint density at radius 2 is 2.09 bits per heavy atom. The van der Waals surface area contributed by atoms with Crippen LogP contribution in [0.5, 0.6) is 5.75 Å². The molecule has 1 saturated carbocycles. The van der Waals surface area contributed by atoms with Crippen LogP contribution in [-0.4, -0.2) is 23.1 Å². The summed E-state index contributed by atoms with van der Waals surface area (Å²) in [6.45, 7) is 0. The van der Waals surface area contributed by atoms with E-state index in [1.807, 2.05) is 0 Å². The number of ether oxygens (including phenoxy) is 1. The number of halogens is 1. The molecule has 7 heteroatoms. The van der Waals surface area contributed by atoms with E-state index >= 15 is 0 Å². The molecule has 0 bridgehead atoms. The number of hydrogen-bond acceptors (Lipinski definition) is 4. The van der Waals surface area contributed by atoms with Crippen molar-refractivity contribution in [2.24, 2.45) is 0 Å². The summed E-state index contributed by atoms with van der Waals surface area (Å²) >= 11 is 0. The molecule has 0 unspecified atom stereocenters. The van der Waals surface area contributed by atoms with E-state index in [4.69, 9.17) is 14.3 Å². The van der Waals surface area contributed by atoms with Crippen molar-refractivity contribution >= 4 is 17.6 Å². The number of carbonyl (C=O) groups is 2. The number of aromatic carboxylic acids is 1. The lowest BCUT2D eigenvalue weighted by Gasteiger charge is -2.26. The van der Waals surface area contributed by atoms with Crippen LogP contribution in [0.1, 0.15) is 40.2 Å². The molecule has 1 aliphatic carbocycles. The lowest BCUT2D eigenvalue weighted by molar-refractivity contribution is 0.0696. The summed E-state index contributed by atoms with van der Waals surface area (Å²) in [7, 11) is 0. The molecule has 1 fully saturated rings. The first-order chi connectivity index (χ1) is 11.0. The minimum Gasteiger partial charge on any atom is -0.487 e. The topological polar surface area (TPSA) is 88.8 Å². The molecule has 1 aromatic carbocycles. The first-order valence-electron chi connectivity index (χ1n) is 7.12. The summed E-state index contributed by atoms with van der Waals surface area (Å²) < 4.78 is 24.3. The fourth-order valence-electron chi connectivity index (χ4n) is 2.10. The van der Waals surface area contributed by atoms with Crippen LogP contribution in [0, 0.1) is 5.82 Å². The molecule has 1 aromatic heterocycles. The highest BCUT2D eigenvalue weighted by molar-refractivity contribution is 6.03. The summed E-state index contributed by atoms with van der Waals surface area (Å²) in [6.07, 6.45) is 3.95. The van der Waals surface area contributed by atoms with Gasteiger partial charge in [-0.3, -0.25) is 4.79 Å². The van der Waals surface area contributed by atoms with Gasteiger partial charge in [-0.1, -0.05) is 0 Å². The normalized spacial score (nSPS) is 14.1. The monoisotopic (exact) mass is 319 g/mol. The summed E-state index contributed by atoms with van der Waals surface area (Å²) in [5.74, 6) is -2.45. The van der Waals surface area contributed by atoms with Gasteiger partial charge in [-0.05, 0) is 31.4 Å². The highest BCUT2D eigenvalue weighted by Crippen LogP contribution is 2.28. The molecule has 1 heterocycles. The molecule has 120 valence electrons. The predicted octanol–water partition coefficient (Wildman–Crippen LogP) is 3.30. The van der Waals surface area contributed by atoms with Crippen molar-refractivity contribution in [1.82, 2.24) is 0 Å². The van der Waals surface area contributed by atoms with Gasteiger partial charge in [0.25, 0.3) is 5.91 Å². The van der Waals surface area contributed by atoms with E-state index in [-0.39, 0.29) is 28.9 Å². The third-order valence-corrected chi connectivity index (χ3v) is 3.61. The number of carboxylic acid groups (broad SMARTS) is 1. The van der Waals surface area contributed by atoms with Crippen molar-refractivity contribution in [2.75, 3.05) is 5.32 Å². The zero-order valence-corrected chi connectivity index (χ0v) is 12.0. The average molecular weight is 319 g/mol. The standard InChI is InChI=1S/C16H14FNO5/c17-12-7-10(4-5-13(12)23-11-2-1-3-11)18-15(19)14-6-9(8-22-14)16(20)21/h4-8,11H,1-3H2,(H,18,19)(H,20,21). The molecule has 2 aromatic rings. The smallest absolute Gasteiger partial charge is 0.338 e. The lowest BCUT2D eigenvalue weighted by atomic mass is 9.96. The van der Waals surface area contributed by atoms with Crippen LogP contribution in [0.3, 0.4) is 0 Å². The molecule has 0 spiro atoms. The van der Waals surface area contributed by atoms with Crippen molar-refractivity contribution in [1.29, 1.82) is 0 Å². The molecule has 6 nitrogen and oxygen atoms in total. The maximum Gasteiger partial charge on any atom is 0.338 e. The number of carboxylic acids is 1. The Morgan fingerprint density at radius 3 is 2.65 bits per heavy atom. The fourth-order valence-corrected chi connectivity index (χ4v) is 2.10. The molecule has 3 rings (SSSR count). The zero-order valence-electron chi connectivity index (χ0n) is 12.0. The van der Waals surface area contributed by atoms with Crippen LogP contribution in [0.25, 0.3) is 0 Å². The third-order valence-electron chi connectivity index (χ3n) is 3.61. The number of nitrogens with one attached hydrogen (secondary N) is 1. The van der Waals surface area contributed by atoms with Crippen LogP contribution in [0.2, 0.25) is 0 Å². The van der Waals surface area contributed by atoms with Crippen LogP contribution >= 0.6 is 0 Å². The summed E-state index contributed by atoms with van der Waals surface area (Å²) in [4.78, 5) is 22.7. The Kier molecular flexibility index (Phi) is 4.01. The number of anilines is 1. The number of benzene rings is 1. The van der Waals surface area contributed by atoms with Gasteiger partial charge in [-0.15, -0.1) is 0 Å². The summed E-state index contributed by atoms with van der Waals surface area (Å²) in [6, 6.07) is 5.21. The molecule has 23 heavy (non-hydrogen) atoms. The molecule has 0 radical (unpaired) electrons. The van der Waals surface area contributed by atoms with E-state index < -0.39 is 17.7 Å². The maximum absolute atomic E-state index is 14.0. The second-order valence-electron chi connectivity index (χ2n) is 5.27. The average Bonchev–Trinajstić information content (AvgIpc) is 2.94. The first kappa shape index (κ1) is 15.1. The Morgan fingerprint density at radius 1 is 1.30 bits per heavy atom. The minimum atomic E-state index is -1.20. The van der Waals surface area contributed by atoms with Crippen molar-refractivity contribution in [3.8, 4) is 5.75 Å². The van der Waals surface area contributed by atoms with Gasteiger partial charge in [0.15, 0.2) is 17.3 Å². The number of rotatable bonds is 5. The van der Waals surface area contributed by atoms with Gasteiger partial charge in [-0.2, -0.15) is 0 Å². The largest absolute Gasteiger partial charge is 0.487 e. The highest BCUT2D eigenvalue weighted by atomic mass is 19.1. The maximum atomic E-state index is 14.0. The van der Waals surface area contributed by atoms with Crippen molar-refractivity contribution in [2.45, 2.75) is 25.4 Å². The Labute approximate surface area is 130 Å². The van der Waals surface area contributed by atoms with Crippen molar-refractivity contribution in [3.63, 3.8) is 0 Å². The van der Waals surface area contributed by atoms with Gasteiger partial charge in [0.2, 0.25) is 0 Å². The Balaban J connectivity index is 1.67. The lowest BCUT2D eigenvalue weighted by Crippen LogP contribution is -2.25. The van der Waals surface area contributed by atoms with Gasteiger partial charge in [0.05, 0.1) is 11.7 Å². The van der Waals surface area contributed by atoms with Crippen molar-refractivity contribution < 1.29 is 28.2 Å². The van der Waals surface area contributed by atoms with Gasteiger partial charge in [-0.25, -0.2) is 9.18 Å². The Hall–Kier alpha value is -2.83. The van der Waals surface area contributed by atoms with Gasteiger partial charge < -0.3 is 19.6 Å². The number of carbonyl (C=O) groups excluding carboxylic acids is 1. The number of hydrogen-bond donors (Lipinski definition) is 2. The Bertz CT molecular complexity index is 751. The predicted molar refractivity (Wildman–Crippen MR) is 78.3 cm³/mol. The molecular weight excluding hydrogens is 305 g/mol. The quantitative estimate of drug-likeness (QED) is 0.882. The number of furan rings is 1. The second-order valence-corrected chi connectivity index (χ2v) is 5.27. The second kappa shape index (κ2) is 6.12. The molecule has 0 atom stereocenters. The molecule has 2 N–H and O–H groups in total. The van der Waals surface area contributed by atoms with Crippen LogP contribution < -0.4 is 10.1 Å². The van der Waals surface area contributed by atoms with E-state index in [1.54, 1.807) is 0 Å². The third kappa shape index (κ3) is 3.33. The van der Waals surface area contributed by atoms with Crippen LogP contribution in [-0.2, 0) is 0 Å². The van der Waals surface area contributed by atoms with Gasteiger partial charge in [0.1, 0.15) is 6.26 Å². The van der Waals surface area contributed by atoms with Gasteiger partial charge >= 0.3 is 5.97 Å². The SMILES string of the molecule is O=C(O)c1coc(C(=O)Nc2ccc(OC3CCC3)c(F)c2)c1. The van der Waals surface area contributed by atoms with E-state index in [0.29, 0.717) is 0 Å². The fraction of sp³-hybridized carbons (Fsp3) is 0.250. The molecule has 1 aliphatic rings. The summed E-state index contributed by atoms with van der Waals surface area (Å²) in [5, 5.41) is 11.2. The summed E-state index contributed by atoms with van der Waals surface area (Å²) in [5.41, 5.74) is 0.0901. The molecule has 0 aliphatic heterocycles. The van der Waals surface area contributed by atoms with Crippen molar-refractivity contribution in [3.05, 3.63) is 47.7 Å². The molecule has 1 amide bonds. The van der Waals surface area contributed by atoms with Crippen LogP contribution in [0.15, 0.2) is 34.9 Å². The van der Waals surface area contributed by atoms with E-state index in [0.717, 1.165) is 37.7 Å². The van der Waals surface area contributed by atoms with Gasteiger partial charge in [0, 0.05) is 17.8 Å². The zero-order chi connectivity index (χ0) is 16.4. The molecule has 0 saturated heterocycles. The number of amides is 1. The van der Waals surface area contributed by atoms with E-state index in [9.17, 15) is 14.0 Å². The van der Waals surface area contributed by atoms with E-state index in [1.165, 1.54) is 12.1 Å². The first-order valence-corrected chi connectivity index (χ1v) is 7.12. The molecular formula is C16H14FNO5. The van der Waals surface area contributed by atoms with E-state index in [2.05, 4.69) is 5.32 Å².